The Morgan fingerprint density at radius 1 is 1.42 bits per heavy atom. The summed E-state index contributed by atoms with van der Waals surface area (Å²) >= 11 is 0. The molecule has 7 nitrogen and oxygen atoms in total. The molecule has 0 spiro atoms. The standard InChI is InChI=1S/C12H14N4O3/c1-4-19-12(18)8-5-6(2)14-11-9(10(13)17)7(3)15-16(8)11/h5H,4H2,1-3H3,(H2,13,17). The summed E-state index contributed by atoms with van der Waals surface area (Å²) in [6.45, 7) is 5.33. The maximum Gasteiger partial charge on any atom is 0.357 e. The van der Waals surface area contributed by atoms with Gasteiger partial charge in [0.25, 0.3) is 5.91 Å². The van der Waals surface area contributed by atoms with E-state index >= 15 is 0 Å². The summed E-state index contributed by atoms with van der Waals surface area (Å²) in [5.74, 6) is -1.14. The van der Waals surface area contributed by atoms with Gasteiger partial charge in [-0.1, -0.05) is 0 Å². The number of carbonyl (C=O) groups is 2. The SMILES string of the molecule is CCOC(=O)c1cc(C)nc2c(C(N)=O)c(C)nn12. The molecule has 0 saturated heterocycles. The molecule has 0 fully saturated rings. The van der Waals surface area contributed by atoms with Gasteiger partial charge in [0.2, 0.25) is 0 Å². The number of nitrogens with two attached hydrogens (primary N) is 1. The van der Waals surface area contributed by atoms with Crippen molar-refractivity contribution in [1.29, 1.82) is 0 Å². The Bertz CT molecular complexity index is 675. The lowest BCUT2D eigenvalue weighted by molar-refractivity contribution is 0.0515. The third kappa shape index (κ3) is 2.14. The fraction of sp³-hybridized carbons (Fsp3) is 0.333. The van der Waals surface area contributed by atoms with Crippen molar-refractivity contribution in [3.63, 3.8) is 0 Å². The number of hydrogen-bond acceptors (Lipinski definition) is 5. The van der Waals surface area contributed by atoms with Crippen LogP contribution in [0.3, 0.4) is 0 Å². The normalized spacial score (nSPS) is 10.7. The van der Waals surface area contributed by atoms with E-state index in [1.807, 2.05) is 0 Å². The van der Waals surface area contributed by atoms with Crippen LogP contribution < -0.4 is 5.73 Å². The monoisotopic (exact) mass is 262 g/mol. The number of aromatic nitrogens is 3. The third-order valence-corrected chi connectivity index (χ3v) is 2.62. The van der Waals surface area contributed by atoms with Crippen molar-refractivity contribution in [2.24, 2.45) is 5.73 Å². The van der Waals surface area contributed by atoms with Crippen molar-refractivity contribution < 1.29 is 14.3 Å². The van der Waals surface area contributed by atoms with Crippen molar-refractivity contribution >= 4 is 17.5 Å². The molecule has 2 heterocycles. The zero-order valence-electron chi connectivity index (χ0n) is 10.9. The fourth-order valence-corrected chi connectivity index (χ4v) is 1.88. The maximum atomic E-state index is 11.9. The van der Waals surface area contributed by atoms with Gasteiger partial charge in [0.05, 0.1) is 12.3 Å². The Morgan fingerprint density at radius 3 is 2.68 bits per heavy atom. The molecule has 2 aromatic rings. The van der Waals surface area contributed by atoms with Crippen LogP contribution in [-0.4, -0.2) is 33.1 Å². The molecular weight excluding hydrogens is 248 g/mol. The van der Waals surface area contributed by atoms with E-state index < -0.39 is 11.9 Å². The Hall–Kier alpha value is -2.44. The maximum absolute atomic E-state index is 11.9. The van der Waals surface area contributed by atoms with Crippen LogP contribution in [0.25, 0.3) is 5.65 Å². The minimum Gasteiger partial charge on any atom is -0.461 e. The van der Waals surface area contributed by atoms with Gasteiger partial charge in [-0.2, -0.15) is 5.10 Å². The number of aryl methyl sites for hydroxylation is 2. The summed E-state index contributed by atoms with van der Waals surface area (Å²) < 4.78 is 6.25. The van der Waals surface area contributed by atoms with Crippen LogP contribution in [-0.2, 0) is 4.74 Å². The summed E-state index contributed by atoms with van der Waals surface area (Å²) in [4.78, 5) is 27.5. The van der Waals surface area contributed by atoms with Gasteiger partial charge in [-0.15, -0.1) is 0 Å². The van der Waals surface area contributed by atoms with E-state index in [4.69, 9.17) is 10.5 Å². The summed E-state index contributed by atoms with van der Waals surface area (Å²) in [5, 5.41) is 4.13. The van der Waals surface area contributed by atoms with E-state index in [1.54, 1.807) is 26.8 Å². The molecule has 0 aliphatic carbocycles. The second-order valence-corrected chi connectivity index (χ2v) is 4.06. The lowest BCUT2D eigenvalue weighted by Crippen LogP contribution is -2.15. The number of primary amides is 1. The van der Waals surface area contributed by atoms with E-state index in [2.05, 4.69) is 10.1 Å². The number of rotatable bonds is 3. The van der Waals surface area contributed by atoms with E-state index in [0.717, 1.165) is 0 Å². The first-order valence-electron chi connectivity index (χ1n) is 5.79. The molecule has 0 saturated carbocycles. The number of nitrogens with zero attached hydrogens (tertiary/aromatic N) is 3. The van der Waals surface area contributed by atoms with Gasteiger partial charge in [0.1, 0.15) is 5.56 Å². The van der Waals surface area contributed by atoms with E-state index in [9.17, 15) is 9.59 Å². The summed E-state index contributed by atoms with van der Waals surface area (Å²) in [7, 11) is 0. The van der Waals surface area contributed by atoms with Gasteiger partial charge in [-0.3, -0.25) is 4.79 Å². The highest BCUT2D eigenvalue weighted by atomic mass is 16.5. The highest BCUT2D eigenvalue weighted by Crippen LogP contribution is 2.16. The van der Waals surface area contributed by atoms with Crippen molar-refractivity contribution in [1.82, 2.24) is 14.6 Å². The molecule has 0 aromatic carbocycles. The number of fused-ring (bicyclic) bond motifs is 1. The average Bonchev–Trinajstić information content (AvgIpc) is 2.64. The lowest BCUT2D eigenvalue weighted by atomic mass is 10.2. The topological polar surface area (TPSA) is 99.6 Å². The third-order valence-electron chi connectivity index (χ3n) is 2.62. The van der Waals surface area contributed by atoms with Crippen molar-refractivity contribution in [2.45, 2.75) is 20.8 Å². The average molecular weight is 262 g/mol. The highest BCUT2D eigenvalue weighted by molar-refractivity contribution is 6.00. The van der Waals surface area contributed by atoms with Gasteiger partial charge in [0, 0.05) is 5.69 Å². The van der Waals surface area contributed by atoms with Crippen molar-refractivity contribution in [2.75, 3.05) is 6.61 Å². The van der Waals surface area contributed by atoms with E-state index in [-0.39, 0.29) is 23.5 Å². The van der Waals surface area contributed by atoms with Gasteiger partial charge in [-0.25, -0.2) is 14.3 Å². The molecule has 0 unspecified atom stereocenters. The lowest BCUT2D eigenvalue weighted by Gasteiger charge is -2.05. The van der Waals surface area contributed by atoms with Crippen molar-refractivity contribution in [3.05, 3.63) is 28.7 Å². The first-order chi connectivity index (χ1) is 8.95. The molecule has 0 bridgehead atoms. The Balaban J connectivity index is 2.76. The molecular formula is C12H14N4O3. The molecule has 7 heteroatoms. The number of amides is 1. The molecule has 2 aromatic heterocycles. The Morgan fingerprint density at radius 2 is 2.11 bits per heavy atom. The molecule has 100 valence electrons. The molecule has 2 rings (SSSR count). The van der Waals surface area contributed by atoms with Crippen LogP contribution >= 0.6 is 0 Å². The first kappa shape index (κ1) is 13.0. The van der Waals surface area contributed by atoms with Crippen molar-refractivity contribution in [3.8, 4) is 0 Å². The number of carbonyl (C=O) groups excluding carboxylic acids is 2. The quantitative estimate of drug-likeness (QED) is 0.817. The van der Waals surface area contributed by atoms with Crippen LogP contribution in [0.15, 0.2) is 6.07 Å². The zero-order chi connectivity index (χ0) is 14.2. The summed E-state index contributed by atoms with van der Waals surface area (Å²) in [6, 6.07) is 1.56. The predicted octanol–water partition coefficient (Wildman–Crippen LogP) is 0.622. The number of esters is 1. The molecule has 0 radical (unpaired) electrons. The largest absolute Gasteiger partial charge is 0.461 e. The van der Waals surface area contributed by atoms with Crippen LogP contribution in [0.4, 0.5) is 0 Å². The first-order valence-corrected chi connectivity index (χ1v) is 5.79. The van der Waals surface area contributed by atoms with E-state index in [0.29, 0.717) is 11.4 Å². The second-order valence-electron chi connectivity index (χ2n) is 4.06. The highest BCUT2D eigenvalue weighted by Gasteiger charge is 2.21. The minimum atomic E-state index is -0.625. The summed E-state index contributed by atoms with van der Waals surface area (Å²) in [5.41, 5.74) is 7.03. The molecule has 19 heavy (non-hydrogen) atoms. The minimum absolute atomic E-state index is 0.217. The van der Waals surface area contributed by atoms with Crippen LogP contribution in [0.2, 0.25) is 0 Å². The van der Waals surface area contributed by atoms with Gasteiger partial charge in [0.15, 0.2) is 11.3 Å². The van der Waals surface area contributed by atoms with Gasteiger partial charge < -0.3 is 10.5 Å². The second kappa shape index (κ2) is 4.68. The number of ether oxygens (including phenoxy) is 1. The molecule has 0 atom stereocenters. The molecule has 2 N–H and O–H groups in total. The molecule has 1 amide bonds. The number of hydrogen-bond donors (Lipinski definition) is 1. The summed E-state index contributed by atoms with van der Waals surface area (Å²) in [6.07, 6.45) is 0. The Kier molecular flexibility index (Phi) is 3.20. The van der Waals surface area contributed by atoms with Crippen LogP contribution in [0.1, 0.15) is 39.2 Å². The predicted molar refractivity (Wildman–Crippen MR) is 66.9 cm³/mol. The van der Waals surface area contributed by atoms with Crippen LogP contribution in [0, 0.1) is 13.8 Å². The smallest absolute Gasteiger partial charge is 0.357 e. The van der Waals surface area contributed by atoms with Gasteiger partial charge in [-0.05, 0) is 26.8 Å². The van der Waals surface area contributed by atoms with Crippen LogP contribution in [0.5, 0.6) is 0 Å². The van der Waals surface area contributed by atoms with E-state index in [1.165, 1.54) is 4.52 Å². The Labute approximate surface area is 109 Å². The molecule has 0 aliphatic rings. The molecule has 0 aliphatic heterocycles. The fourth-order valence-electron chi connectivity index (χ4n) is 1.88. The zero-order valence-corrected chi connectivity index (χ0v) is 10.9. The van der Waals surface area contributed by atoms with Gasteiger partial charge >= 0.3 is 5.97 Å².